The maximum absolute atomic E-state index is 5.47. The lowest BCUT2D eigenvalue weighted by atomic mass is 10.00. The first-order chi connectivity index (χ1) is 9.32. The fourth-order valence-electron chi connectivity index (χ4n) is 2.54. The van der Waals surface area contributed by atoms with Crippen LogP contribution >= 0.6 is 0 Å². The van der Waals surface area contributed by atoms with Crippen molar-refractivity contribution in [3.63, 3.8) is 0 Å². The summed E-state index contributed by atoms with van der Waals surface area (Å²) in [7, 11) is 3.67. The van der Waals surface area contributed by atoms with E-state index in [9.17, 15) is 0 Å². The van der Waals surface area contributed by atoms with E-state index in [-0.39, 0.29) is 5.60 Å². The quantitative estimate of drug-likeness (QED) is 0.912. The zero-order chi connectivity index (χ0) is 14.9. The summed E-state index contributed by atoms with van der Waals surface area (Å²) >= 11 is 0. The van der Waals surface area contributed by atoms with Crippen LogP contribution < -0.4 is 5.32 Å². The van der Waals surface area contributed by atoms with Gasteiger partial charge >= 0.3 is 0 Å². The predicted octanol–water partition coefficient (Wildman–Crippen LogP) is 2.89. The SMILES string of the molecule is COC(C)(C)CC(C)Nc1cnc2c(c1)c(C)nn2C. The van der Waals surface area contributed by atoms with E-state index in [1.165, 1.54) is 0 Å². The van der Waals surface area contributed by atoms with E-state index in [4.69, 9.17) is 4.74 Å². The second kappa shape index (κ2) is 5.40. The van der Waals surface area contributed by atoms with E-state index in [0.717, 1.165) is 28.8 Å². The molecule has 20 heavy (non-hydrogen) atoms. The van der Waals surface area contributed by atoms with E-state index < -0.39 is 0 Å². The fourth-order valence-corrected chi connectivity index (χ4v) is 2.54. The maximum atomic E-state index is 5.47. The molecular formula is C15H24N4O. The molecule has 0 radical (unpaired) electrons. The van der Waals surface area contributed by atoms with E-state index in [2.05, 4.69) is 42.2 Å². The molecule has 0 saturated carbocycles. The first kappa shape index (κ1) is 14.8. The Bertz CT molecular complexity index is 603. The fraction of sp³-hybridized carbons (Fsp3) is 0.600. The van der Waals surface area contributed by atoms with Crippen LogP contribution in [0.15, 0.2) is 12.3 Å². The molecule has 0 amide bonds. The second-order valence-corrected chi connectivity index (χ2v) is 6.02. The van der Waals surface area contributed by atoms with Gasteiger partial charge in [0, 0.05) is 25.6 Å². The third kappa shape index (κ3) is 3.10. The lowest BCUT2D eigenvalue weighted by Gasteiger charge is -2.27. The summed E-state index contributed by atoms with van der Waals surface area (Å²) in [4.78, 5) is 4.48. The van der Waals surface area contributed by atoms with Gasteiger partial charge < -0.3 is 10.1 Å². The Morgan fingerprint density at radius 3 is 2.80 bits per heavy atom. The minimum atomic E-state index is -0.131. The van der Waals surface area contributed by atoms with Gasteiger partial charge in [0.05, 0.1) is 23.2 Å². The highest BCUT2D eigenvalue weighted by Crippen LogP contribution is 2.22. The van der Waals surface area contributed by atoms with E-state index in [0.29, 0.717) is 6.04 Å². The normalized spacial score (nSPS) is 13.7. The van der Waals surface area contributed by atoms with Crippen molar-refractivity contribution in [1.29, 1.82) is 0 Å². The van der Waals surface area contributed by atoms with Crippen LogP contribution in [0.3, 0.4) is 0 Å². The summed E-state index contributed by atoms with van der Waals surface area (Å²) < 4.78 is 7.28. The highest BCUT2D eigenvalue weighted by molar-refractivity contribution is 5.81. The van der Waals surface area contributed by atoms with Crippen LogP contribution in [0.5, 0.6) is 0 Å². The zero-order valence-electron chi connectivity index (χ0n) is 13.2. The molecule has 0 aliphatic rings. The molecule has 5 heteroatoms. The van der Waals surface area contributed by atoms with Gasteiger partial charge in [0.15, 0.2) is 5.65 Å². The van der Waals surface area contributed by atoms with Crippen LogP contribution in [0.2, 0.25) is 0 Å². The van der Waals surface area contributed by atoms with Crippen LogP contribution in [-0.4, -0.2) is 33.5 Å². The Labute approximate surface area is 120 Å². The summed E-state index contributed by atoms with van der Waals surface area (Å²) in [6.07, 6.45) is 2.79. The van der Waals surface area contributed by atoms with Crippen molar-refractivity contribution in [2.24, 2.45) is 7.05 Å². The highest BCUT2D eigenvalue weighted by atomic mass is 16.5. The number of hydrogen-bond donors (Lipinski definition) is 1. The number of anilines is 1. The summed E-state index contributed by atoms with van der Waals surface area (Å²) in [5.41, 5.74) is 2.81. The predicted molar refractivity (Wildman–Crippen MR) is 82.0 cm³/mol. The Hall–Kier alpha value is -1.62. The van der Waals surface area contributed by atoms with Crippen LogP contribution in [0, 0.1) is 6.92 Å². The molecule has 1 atom stereocenters. The molecule has 2 heterocycles. The number of ether oxygens (including phenoxy) is 1. The molecule has 1 unspecified atom stereocenters. The molecule has 0 saturated heterocycles. The molecule has 0 fully saturated rings. The van der Waals surface area contributed by atoms with Crippen molar-refractivity contribution in [1.82, 2.24) is 14.8 Å². The van der Waals surface area contributed by atoms with Gasteiger partial charge in [0.2, 0.25) is 0 Å². The third-order valence-electron chi connectivity index (χ3n) is 3.63. The van der Waals surface area contributed by atoms with Crippen LogP contribution in [-0.2, 0) is 11.8 Å². The Morgan fingerprint density at radius 2 is 2.15 bits per heavy atom. The third-order valence-corrected chi connectivity index (χ3v) is 3.63. The molecule has 0 bridgehead atoms. The molecule has 2 aromatic rings. The number of rotatable bonds is 5. The van der Waals surface area contributed by atoms with Crippen molar-refractivity contribution < 1.29 is 4.74 Å². The molecule has 0 aliphatic carbocycles. The van der Waals surface area contributed by atoms with E-state index >= 15 is 0 Å². The molecule has 1 N–H and O–H groups in total. The van der Waals surface area contributed by atoms with Crippen molar-refractivity contribution in [2.45, 2.75) is 45.8 Å². The Morgan fingerprint density at radius 1 is 1.45 bits per heavy atom. The number of nitrogens with zero attached hydrogens (tertiary/aromatic N) is 3. The van der Waals surface area contributed by atoms with Gasteiger partial charge in [-0.05, 0) is 40.2 Å². The molecule has 2 rings (SSSR count). The van der Waals surface area contributed by atoms with Crippen molar-refractivity contribution in [3.05, 3.63) is 18.0 Å². The number of pyridine rings is 1. The Balaban J connectivity index is 2.16. The first-order valence-electron chi connectivity index (χ1n) is 6.93. The molecule has 5 nitrogen and oxygen atoms in total. The monoisotopic (exact) mass is 276 g/mol. The number of aryl methyl sites for hydroxylation is 2. The Kier molecular flexibility index (Phi) is 3.99. The maximum Gasteiger partial charge on any atom is 0.157 e. The average Bonchev–Trinajstić information content (AvgIpc) is 2.64. The van der Waals surface area contributed by atoms with Crippen LogP contribution in [0.1, 0.15) is 32.9 Å². The van der Waals surface area contributed by atoms with Crippen molar-refractivity contribution in [3.8, 4) is 0 Å². The molecule has 110 valence electrons. The molecule has 0 aliphatic heterocycles. The van der Waals surface area contributed by atoms with Crippen LogP contribution in [0.25, 0.3) is 11.0 Å². The van der Waals surface area contributed by atoms with Crippen molar-refractivity contribution >= 4 is 16.7 Å². The number of fused-ring (bicyclic) bond motifs is 1. The summed E-state index contributed by atoms with van der Waals surface area (Å²) in [6, 6.07) is 2.42. The number of methoxy groups -OCH3 is 1. The average molecular weight is 276 g/mol. The van der Waals surface area contributed by atoms with E-state index in [1.54, 1.807) is 7.11 Å². The van der Waals surface area contributed by atoms with Crippen LogP contribution in [0.4, 0.5) is 5.69 Å². The van der Waals surface area contributed by atoms with Gasteiger partial charge in [-0.1, -0.05) is 0 Å². The second-order valence-electron chi connectivity index (χ2n) is 6.02. The van der Waals surface area contributed by atoms with E-state index in [1.807, 2.05) is 24.9 Å². The van der Waals surface area contributed by atoms with Gasteiger partial charge in [0.1, 0.15) is 0 Å². The minimum Gasteiger partial charge on any atom is -0.381 e. The van der Waals surface area contributed by atoms with Gasteiger partial charge in [-0.3, -0.25) is 4.68 Å². The molecular weight excluding hydrogens is 252 g/mol. The lowest BCUT2D eigenvalue weighted by Crippen LogP contribution is -2.31. The molecule has 0 aromatic carbocycles. The topological polar surface area (TPSA) is 52.0 Å². The lowest BCUT2D eigenvalue weighted by molar-refractivity contribution is 0.0128. The number of hydrogen-bond acceptors (Lipinski definition) is 4. The zero-order valence-corrected chi connectivity index (χ0v) is 13.2. The van der Waals surface area contributed by atoms with Gasteiger partial charge in [-0.15, -0.1) is 0 Å². The summed E-state index contributed by atoms with van der Waals surface area (Å²) in [6.45, 7) is 8.35. The van der Waals surface area contributed by atoms with Gasteiger partial charge in [-0.25, -0.2) is 4.98 Å². The summed E-state index contributed by atoms with van der Waals surface area (Å²) in [5.74, 6) is 0. The highest BCUT2D eigenvalue weighted by Gasteiger charge is 2.20. The number of aromatic nitrogens is 3. The smallest absolute Gasteiger partial charge is 0.157 e. The van der Waals surface area contributed by atoms with Gasteiger partial charge in [-0.2, -0.15) is 5.10 Å². The van der Waals surface area contributed by atoms with Crippen molar-refractivity contribution in [2.75, 3.05) is 12.4 Å². The first-order valence-corrected chi connectivity index (χ1v) is 6.93. The largest absolute Gasteiger partial charge is 0.381 e. The summed E-state index contributed by atoms with van der Waals surface area (Å²) in [5, 5.41) is 8.96. The molecule has 2 aromatic heterocycles. The molecule has 0 spiro atoms. The number of nitrogens with one attached hydrogen (secondary N) is 1. The van der Waals surface area contributed by atoms with Gasteiger partial charge in [0.25, 0.3) is 0 Å². The standard InChI is InChI=1S/C15H24N4O/c1-10(8-15(3,4)20-6)17-12-7-13-11(2)18-19(5)14(13)16-9-12/h7,9-10,17H,8H2,1-6H3. The minimum absolute atomic E-state index is 0.131.